The third-order valence-electron chi connectivity index (χ3n) is 3.96. The fourth-order valence-electron chi connectivity index (χ4n) is 2.45. The lowest BCUT2D eigenvalue weighted by Crippen LogP contribution is -2.45. The van der Waals surface area contributed by atoms with Crippen molar-refractivity contribution < 1.29 is 18.3 Å². The molecule has 3 N–H and O–H groups in total. The van der Waals surface area contributed by atoms with Crippen LogP contribution in [0.4, 0.5) is 24.9 Å². The molecule has 10 heteroatoms. The van der Waals surface area contributed by atoms with Crippen LogP contribution in [0.15, 0.2) is 6.07 Å². The third-order valence-corrected chi connectivity index (χ3v) is 3.96. The van der Waals surface area contributed by atoms with E-state index in [-0.39, 0.29) is 18.4 Å². The molecule has 25 heavy (non-hydrogen) atoms. The fraction of sp³-hybridized carbons (Fsp3) is 0.733. The van der Waals surface area contributed by atoms with Crippen molar-refractivity contribution in [3.63, 3.8) is 0 Å². The molecule has 0 radical (unpaired) electrons. The lowest BCUT2D eigenvalue weighted by atomic mass is 10.3. The Hall–Kier alpha value is -1.65. The van der Waals surface area contributed by atoms with Crippen LogP contribution < -0.4 is 10.6 Å². The van der Waals surface area contributed by atoms with Crippen molar-refractivity contribution in [3.8, 4) is 0 Å². The quantitative estimate of drug-likeness (QED) is 0.595. The van der Waals surface area contributed by atoms with Gasteiger partial charge in [-0.2, -0.15) is 18.2 Å². The number of likely N-dealkylation sites (N-methyl/N-ethyl adjacent to an activating group) is 1. The van der Waals surface area contributed by atoms with Crippen molar-refractivity contribution >= 4 is 11.8 Å². The van der Waals surface area contributed by atoms with Gasteiger partial charge in [0, 0.05) is 58.5 Å². The van der Waals surface area contributed by atoms with Crippen LogP contribution in [0.25, 0.3) is 0 Å². The van der Waals surface area contributed by atoms with Crippen LogP contribution in [0.1, 0.15) is 12.1 Å². The van der Waals surface area contributed by atoms with E-state index in [2.05, 4.69) is 37.4 Å². The van der Waals surface area contributed by atoms with Crippen molar-refractivity contribution in [2.24, 2.45) is 0 Å². The largest absolute Gasteiger partial charge is 0.433 e. The second-order valence-corrected chi connectivity index (χ2v) is 6.04. The molecule has 0 bridgehead atoms. The molecule has 1 aliphatic rings. The zero-order chi connectivity index (χ0) is 18.3. The summed E-state index contributed by atoms with van der Waals surface area (Å²) < 4.78 is 39.0. The summed E-state index contributed by atoms with van der Waals surface area (Å²) in [5, 5.41) is 14.4. The highest BCUT2D eigenvalue weighted by Crippen LogP contribution is 2.29. The molecular formula is C15H25F3N6O. The topological polar surface area (TPSA) is 76.5 Å². The molecule has 1 saturated heterocycles. The first-order valence-electron chi connectivity index (χ1n) is 8.34. The minimum Gasteiger partial charge on any atom is -0.396 e. The minimum atomic E-state index is -4.54. The number of halogens is 3. The number of aromatic nitrogens is 2. The monoisotopic (exact) mass is 362 g/mol. The van der Waals surface area contributed by atoms with Crippen molar-refractivity contribution in [1.29, 1.82) is 0 Å². The maximum Gasteiger partial charge on any atom is 0.433 e. The molecule has 0 atom stereocenters. The van der Waals surface area contributed by atoms with E-state index < -0.39 is 11.9 Å². The van der Waals surface area contributed by atoms with E-state index in [1.807, 2.05) is 0 Å². The maximum absolute atomic E-state index is 13.0. The Morgan fingerprint density at radius 2 is 1.84 bits per heavy atom. The Balaban J connectivity index is 1.94. The van der Waals surface area contributed by atoms with Gasteiger partial charge in [0.05, 0.1) is 0 Å². The maximum atomic E-state index is 13.0. The number of piperazine rings is 1. The molecule has 0 spiro atoms. The average molecular weight is 362 g/mol. The van der Waals surface area contributed by atoms with E-state index in [1.165, 1.54) is 0 Å². The van der Waals surface area contributed by atoms with Crippen LogP contribution in [0.5, 0.6) is 0 Å². The summed E-state index contributed by atoms with van der Waals surface area (Å²) in [5.74, 6) is 0.0494. The molecule has 1 fully saturated rings. The van der Waals surface area contributed by atoms with E-state index in [0.29, 0.717) is 19.5 Å². The van der Waals surface area contributed by atoms with Gasteiger partial charge in [-0.25, -0.2) is 4.98 Å². The predicted molar refractivity (Wildman–Crippen MR) is 89.7 cm³/mol. The Morgan fingerprint density at radius 1 is 1.12 bits per heavy atom. The molecule has 2 heterocycles. The highest BCUT2D eigenvalue weighted by molar-refractivity contribution is 5.43. The van der Waals surface area contributed by atoms with Crippen molar-refractivity contribution in [2.75, 3.05) is 70.1 Å². The number of nitrogens with one attached hydrogen (secondary N) is 2. The molecule has 0 amide bonds. The molecular weight excluding hydrogens is 337 g/mol. The zero-order valence-corrected chi connectivity index (χ0v) is 14.3. The summed E-state index contributed by atoms with van der Waals surface area (Å²) in [6, 6.07) is 0.918. The Bertz CT molecular complexity index is 534. The van der Waals surface area contributed by atoms with Gasteiger partial charge in [-0.15, -0.1) is 0 Å². The minimum absolute atomic E-state index is 0.0535. The first kappa shape index (κ1) is 19.7. The molecule has 0 aliphatic carbocycles. The third kappa shape index (κ3) is 6.63. The molecule has 1 aliphatic heterocycles. The lowest BCUT2D eigenvalue weighted by Gasteiger charge is -2.32. The van der Waals surface area contributed by atoms with Gasteiger partial charge in [0.1, 0.15) is 5.82 Å². The van der Waals surface area contributed by atoms with Crippen LogP contribution in [0.2, 0.25) is 0 Å². The van der Waals surface area contributed by atoms with E-state index >= 15 is 0 Å². The Kier molecular flexibility index (Phi) is 7.21. The molecule has 0 unspecified atom stereocenters. The van der Waals surface area contributed by atoms with Gasteiger partial charge >= 0.3 is 6.18 Å². The summed E-state index contributed by atoms with van der Waals surface area (Å²) in [4.78, 5) is 12.1. The average Bonchev–Trinajstić information content (AvgIpc) is 2.56. The molecule has 0 aromatic carbocycles. The van der Waals surface area contributed by atoms with Gasteiger partial charge in [-0.05, 0) is 13.5 Å². The molecule has 7 nitrogen and oxygen atoms in total. The van der Waals surface area contributed by atoms with Gasteiger partial charge in [0.25, 0.3) is 0 Å². The van der Waals surface area contributed by atoms with Gasteiger partial charge in [-0.3, -0.25) is 4.90 Å². The van der Waals surface area contributed by atoms with E-state index in [9.17, 15) is 13.2 Å². The standard InChI is InChI=1S/C15H25F3N6O/c1-23-6-8-24(9-7-23)5-4-19-13-11-12(15(16,17)18)21-14(22-13)20-3-2-10-25/h11,25H,2-10H2,1H3,(H2,19,20,21,22). The summed E-state index contributed by atoms with van der Waals surface area (Å²) in [6.45, 7) is 5.38. The predicted octanol–water partition coefficient (Wildman–Crippen LogP) is 0.949. The number of aliphatic hydroxyl groups excluding tert-OH is 1. The SMILES string of the molecule is CN1CCN(CCNc2cc(C(F)(F)F)nc(NCCCO)n2)CC1. The summed E-state index contributed by atoms with van der Waals surface area (Å²) in [5.41, 5.74) is -0.990. The summed E-state index contributed by atoms with van der Waals surface area (Å²) >= 11 is 0. The Labute approximate surface area is 145 Å². The first-order valence-corrected chi connectivity index (χ1v) is 8.34. The van der Waals surface area contributed by atoms with Gasteiger partial charge in [-0.1, -0.05) is 0 Å². The van der Waals surface area contributed by atoms with Crippen molar-refractivity contribution in [2.45, 2.75) is 12.6 Å². The van der Waals surface area contributed by atoms with Crippen LogP contribution in [0.3, 0.4) is 0 Å². The highest BCUT2D eigenvalue weighted by Gasteiger charge is 2.33. The first-order chi connectivity index (χ1) is 11.9. The van der Waals surface area contributed by atoms with E-state index in [1.54, 1.807) is 0 Å². The molecule has 1 aromatic heterocycles. The number of alkyl halides is 3. The highest BCUT2D eigenvalue weighted by atomic mass is 19.4. The van der Waals surface area contributed by atoms with Crippen LogP contribution >= 0.6 is 0 Å². The van der Waals surface area contributed by atoms with E-state index in [4.69, 9.17) is 5.11 Å². The van der Waals surface area contributed by atoms with Crippen LogP contribution in [-0.4, -0.2) is 84.3 Å². The second-order valence-electron chi connectivity index (χ2n) is 6.04. The number of rotatable bonds is 8. The van der Waals surface area contributed by atoms with Gasteiger partial charge in [0.15, 0.2) is 5.69 Å². The number of hydrogen-bond donors (Lipinski definition) is 3. The smallest absolute Gasteiger partial charge is 0.396 e. The normalized spacial score (nSPS) is 16.8. The Morgan fingerprint density at radius 3 is 2.48 bits per heavy atom. The molecule has 1 aromatic rings. The van der Waals surface area contributed by atoms with Gasteiger partial charge < -0.3 is 20.6 Å². The summed E-state index contributed by atoms with van der Waals surface area (Å²) in [6.07, 6.45) is -4.13. The molecule has 2 rings (SSSR count). The molecule has 0 saturated carbocycles. The van der Waals surface area contributed by atoms with E-state index in [0.717, 1.165) is 38.8 Å². The number of nitrogens with zero attached hydrogens (tertiary/aromatic N) is 4. The number of hydrogen-bond acceptors (Lipinski definition) is 7. The lowest BCUT2D eigenvalue weighted by molar-refractivity contribution is -0.141. The number of aliphatic hydroxyl groups is 1. The van der Waals surface area contributed by atoms with Gasteiger partial charge in [0.2, 0.25) is 5.95 Å². The summed E-state index contributed by atoms with van der Waals surface area (Å²) in [7, 11) is 2.07. The van der Waals surface area contributed by atoms with Crippen LogP contribution in [-0.2, 0) is 6.18 Å². The number of anilines is 2. The van der Waals surface area contributed by atoms with Crippen molar-refractivity contribution in [3.05, 3.63) is 11.8 Å². The van der Waals surface area contributed by atoms with Crippen molar-refractivity contribution in [1.82, 2.24) is 19.8 Å². The second kappa shape index (κ2) is 9.16. The molecule has 142 valence electrons. The zero-order valence-electron chi connectivity index (χ0n) is 14.3. The fourth-order valence-corrected chi connectivity index (χ4v) is 2.45. The van der Waals surface area contributed by atoms with Crippen LogP contribution in [0, 0.1) is 0 Å².